The average Bonchev–Trinajstić information content (AvgIpc) is 3.49. The first-order chi connectivity index (χ1) is 17.4. The molecule has 5 aromatic rings. The monoisotopic (exact) mass is 503 g/mol. The van der Waals surface area contributed by atoms with E-state index in [4.69, 9.17) is 9.26 Å². The number of hydrogen-bond donors (Lipinski definition) is 0. The Morgan fingerprint density at radius 1 is 1.00 bits per heavy atom. The van der Waals surface area contributed by atoms with Gasteiger partial charge in [0.1, 0.15) is 11.4 Å². The van der Waals surface area contributed by atoms with Crippen LogP contribution in [0.2, 0.25) is 0 Å². The largest absolute Gasteiger partial charge is 0.497 e. The molecule has 5 rings (SSSR count). The molecule has 0 saturated heterocycles. The van der Waals surface area contributed by atoms with E-state index in [1.54, 1.807) is 7.11 Å². The summed E-state index contributed by atoms with van der Waals surface area (Å²) in [6, 6.07) is 20.2. The van der Waals surface area contributed by atoms with Gasteiger partial charge in [-0.3, -0.25) is 20.2 Å². The summed E-state index contributed by atoms with van der Waals surface area (Å²) in [7, 11) is 1.60. The number of nitro benzene ring substituents is 2. The molecule has 0 spiro atoms. The fourth-order valence-electron chi connectivity index (χ4n) is 3.67. The first kappa shape index (κ1) is 23.1. The summed E-state index contributed by atoms with van der Waals surface area (Å²) >= 11 is 1.05. The highest BCUT2D eigenvalue weighted by Crippen LogP contribution is 2.38. The second kappa shape index (κ2) is 9.50. The minimum absolute atomic E-state index is 0.235. The van der Waals surface area contributed by atoms with Crippen LogP contribution in [0, 0.1) is 20.2 Å². The van der Waals surface area contributed by atoms with E-state index in [9.17, 15) is 20.2 Å². The van der Waals surface area contributed by atoms with Gasteiger partial charge in [0.2, 0.25) is 0 Å². The van der Waals surface area contributed by atoms with Crippen LogP contribution in [0.15, 0.2) is 87.4 Å². The molecule has 12 heteroatoms. The fraction of sp³-hybridized carbons (Fsp3) is 0.0833. The number of non-ortho nitro benzene ring substituents is 1. The third kappa shape index (κ3) is 4.49. The predicted molar refractivity (Wildman–Crippen MR) is 131 cm³/mol. The van der Waals surface area contributed by atoms with Gasteiger partial charge in [0, 0.05) is 17.7 Å². The van der Waals surface area contributed by atoms with Gasteiger partial charge in [0.05, 0.1) is 45.5 Å². The van der Waals surface area contributed by atoms with E-state index in [-0.39, 0.29) is 22.8 Å². The van der Waals surface area contributed by atoms with E-state index in [1.807, 2.05) is 59.2 Å². The predicted octanol–water partition coefficient (Wildman–Crippen LogP) is 5.72. The third-order valence-electron chi connectivity index (χ3n) is 5.43. The van der Waals surface area contributed by atoms with Gasteiger partial charge < -0.3 is 13.8 Å². The molecule has 0 N–H and O–H groups in total. The normalized spacial score (nSPS) is 11.0. The number of benzene rings is 3. The molecule has 2 aromatic heterocycles. The lowest BCUT2D eigenvalue weighted by molar-refractivity contribution is -0.396. The van der Waals surface area contributed by atoms with Gasteiger partial charge in [0.25, 0.3) is 11.4 Å². The van der Waals surface area contributed by atoms with E-state index in [2.05, 4.69) is 10.1 Å². The molecule has 0 aliphatic heterocycles. The van der Waals surface area contributed by atoms with Gasteiger partial charge in [-0.25, -0.2) is 4.98 Å². The van der Waals surface area contributed by atoms with Crippen molar-refractivity contribution in [3.63, 3.8) is 0 Å². The summed E-state index contributed by atoms with van der Waals surface area (Å²) in [6.07, 6.45) is 0. The zero-order valence-electron chi connectivity index (χ0n) is 18.7. The molecule has 0 unspecified atom stereocenters. The zero-order valence-corrected chi connectivity index (χ0v) is 19.5. The molecule has 2 heterocycles. The Morgan fingerprint density at radius 2 is 1.78 bits per heavy atom. The molecule has 3 aromatic carbocycles. The van der Waals surface area contributed by atoms with Crippen molar-refractivity contribution >= 4 is 34.2 Å². The Bertz CT molecular complexity index is 1590. The molecule has 0 aliphatic rings. The maximum atomic E-state index is 11.6. The highest BCUT2D eigenvalue weighted by atomic mass is 32.2. The number of nitro groups is 2. The van der Waals surface area contributed by atoms with Crippen molar-refractivity contribution in [3.8, 4) is 17.0 Å². The molecule has 0 bridgehead atoms. The van der Waals surface area contributed by atoms with Crippen molar-refractivity contribution in [1.82, 2.24) is 14.7 Å². The Labute approximate surface area is 207 Å². The second-order valence-electron chi connectivity index (χ2n) is 7.64. The van der Waals surface area contributed by atoms with Crippen LogP contribution >= 0.6 is 11.8 Å². The van der Waals surface area contributed by atoms with Crippen LogP contribution in [-0.2, 0) is 6.54 Å². The number of hydrogen-bond acceptors (Lipinski definition) is 9. The molecule has 180 valence electrons. The molecule has 11 nitrogen and oxygen atoms in total. The van der Waals surface area contributed by atoms with Crippen LogP contribution < -0.4 is 4.74 Å². The molecule has 0 amide bonds. The van der Waals surface area contributed by atoms with Crippen molar-refractivity contribution in [3.05, 3.63) is 98.8 Å². The fourth-order valence-corrected chi connectivity index (χ4v) is 4.66. The lowest BCUT2D eigenvalue weighted by Gasteiger charge is -2.07. The summed E-state index contributed by atoms with van der Waals surface area (Å²) < 4.78 is 12.6. The van der Waals surface area contributed by atoms with Crippen LogP contribution in [0.3, 0.4) is 0 Å². The number of aromatic nitrogens is 3. The molecule has 0 atom stereocenters. The highest BCUT2D eigenvalue weighted by molar-refractivity contribution is 7.99. The van der Waals surface area contributed by atoms with Crippen LogP contribution in [0.5, 0.6) is 5.75 Å². The summed E-state index contributed by atoms with van der Waals surface area (Å²) in [5.41, 5.74) is 2.28. The molecule has 0 saturated carbocycles. The summed E-state index contributed by atoms with van der Waals surface area (Å²) in [5, 5.41) is 27.4. The Balaban J connectivity index is 1.50. The summed E-state index contributed by atoms with van der Waals surface area (Å²) in [6.45, 7) is 0.271. The van der Waals surface area contributed by atoms with Crippen molar-refractivity contribution < 1.29 is 19.1 Å². The van der Waals surface area contributed by atoms with Gasteiger partial charge in [-0.05, 0) is 54.2 Å². The van der Waals surface area contributed by atoms with Crippen LogP contribution in [0.1, 0.15) is 5.76 Å². The van der Waals surface area contributed by atoms with Crippen molar-refractivity contribution in [2.45, 2.75) is 16.6 Å². The molecular formula is C24H17N5O6S. The first-order valence-electron chi connectivity index (χ1n) is 10.6. The van der Waals surface area contributed by atoms with Crippen LogP contribution in [0.4, 0.5) is 11.4 Å². The van der Waals surface area contributed by atoms with Crippen molar-refractivity contribution in [2.24, 2.45) is 0 Å². The maximum Gasteiger partial charge on any atom is 0.290 e. The van der Waals surface area contributed by atoms with E-state index >= 15 is 0 Å². The number of methoxy groups -OCH3 is 1. The molecular weight excluding hydrogens is 486 g/mol. The number of nitrogens with zero attached hydrogens (tertiary/aromatic N) is 5. The maximum absolute atomic E-state index is 11.6. The molecule has 0 aliphatic carbocycles. The standard InChI is InChI=1S/C24H17N5O6S/c1-34-17-9-6-15(7-10-17)20-13-18(35-26-20)14-27-21-5-3-2-4-19(21)25-24(27)36-23-11-8-16(28(30)31)12-22(23)29(32)33/h2-13H,14H2,1H3. The van der Waals surface area contributed by atoms with E-state index in [0.29, 0.717) is 22.1 Å². The van der Waals surface area contributed by atoms with E-state index in [0.717, 1.165) is 34.7 Å². The summed E-state index contributed by atoms with van der Waals surface area (Å²) in [4.78, 5) is 26.3. The quantitative estimate of drug-likeness (QED) is 0.192. The number of imidazole rings is 1. The number of ether oxygens (including phenoxy) is 1. The van der Waals surface area contributed by atoms with Crippen LogP contribution in [-0.4, -0.2) is 31.7 Å². The van der Waals surface area contributed by atoms with Crippen LogP contribution in [0.25, 0.3) is 22.3 Å². The minimum Gasteiger partial charge on any atom is -0.497 e. The lowest BCUT2D eigenvalue weighted by Crippen LogP contribution is -2.01. The minimum atomic E-state index is -0.666. The lowest BCUT2D eigenvalue weighted by atomic mass is 10.1. The molecule has 36 heavy (non-hydrogen) atoms. The number of para-hydroxylation sites is 2. The number of fused-ring (bicyclic) bond motifs is 1. The van der Waals surface area contributed by atoms with Gasteiger partial charge in [0.15, 0.2) is 10.9 Å². The van der Waals surface area contributed by atoms with Crippen molar-refractivity contribution in [2.75, 3.05) is 7.11 Å². The Kier molecular flexibility index (Phi) is 6.09. The SMILES string of the molecule is COc1ccc(-c2cc(Cn3c(Sc4ccc([N+](=O)[O-])cc4[N+](=O)[O-])nc4ccccc43)on2)cc1. The topological polar surface area (TPSA) is 139 Å². The summed E-state index contributed by atoms with van der Waals surface area (Å²) in [5.74, 6) is 1.29. The molecule has 0 radical (unpaired) electrons. The van der Waals surface area contributed by atoms with Gasteiger partial charge in [-0.1, -0.05) is 17.3 Å². The third-order valence-corrected chi connectivity index (χ3v) is 6.49. The Morgan fingerprint density at radius 3 is 2.50 bits per heavy atom. The smallest absolute Gasteiger partial charge is 0.290 e. The number of rotatable bonds is 8. The second-order valence-corrected chi connectivity index (χ2v) is 8.65. The zero-order chi connectivity index (χ0) is 25.2. The van der Waals surface area contributed by atoms with Crippen molar-refractivity contribution in [1.29, 1.82) is 0 Å². The van der Waals surface area contributed by atoms with E-state index < -0.39 is 9.85 Å². The van der Waals surface area contributed by atoms with E-state index in [1.165, 1.54) is 12.1 Å². The van der Waals surface area contributed by atoms with Gasteiger partial charge in [-0.15, -0.1) is 0 Å². The Hall–Kier alpha value is -4.71. The highest BCUT2D eigenvalue weighted by Gasteiger charge is 2.23. The van der Waals surface area contributed by atoms with Gasteiger partial charge in [-0.2, -0.15) is 0 Å². The molecule has 0 fully saturated rings. The first-order valence-corrected chi connectivity index (χ1v) is 11.4. The van der Waals surface area contributed by atoms with Gasteiger partial charge >= 0.3 is 0 Å². The average molecular weight is 503 g/mol.